The van der Waals surface area contributed by atoms with Crippen molar-refractivity contribution >= 4 is 17.5 Å². The molecule has 2 aromatic heterocycles. The summed E-state index contributed by atoms with van der Waals surface area (Å²) in [5.74, 6) is -1.40. The van der Waals surface area contributed by atoms with Crippen LogP contribution in [-0.2, 0) is 13.1 Å². The number of aromatic nitrogens is 4. The summed E-state index contributed by atoms with van der Waals surface area (Å²) in [4.78, 5) is 26.8. The standard InChI is InChI=1S/C18H14ClF2N5O/c1-10-7-22-18(19)24-15(10)14-9-25-2-3-26(17(27)16(25)23-14)8-11-4-12(20)6-13(21)5-11/h4-7,9H,2-3,8H2,1H3. The van der Waals surface area contributed by atoms with Gasteiger partial charge in [0.1, 0.15) is 17.3 Å². The second kappa shape index (κ2) is 6.70. The molecule has 0 fully saturated rings. The number of benzene rings is 1. The lowest BCUT2D eigenvalue weighted by Crippen LogP contribution is -2.39. The molecule has 0 bridgehead atoms. The van der Waals surface area contributed by atoms with E-state index in [4.69, 9.17) is 11.6 Å². The molecule has 0 saturated heterocycles. The average molecular weight is 390 g/mol. The molecule has 1 aromatic carbocycles. The molecule has 3 heterocycles. The van der Waals surface area contributed by atoms with Crippen molar-refractivity contribution in [2.45, 2.75) is 20.0 Å². The Morgan fingerprint density at radius 1 is 1.15 bits per heavy atom. The number of fused-ring (bicyclic) bond motifs is 1. The molecular formula is C18H14ClF2N5O. The van der Waals surface area contributed by atoms with Gasteiger partial charge in [-0.15, -0.1) is 0 Å². The van der Waals surface area contributed by atoms with Crippen LogP contribution in [0.3, 0.4) is 0 Å². The summed E-state index contributed by atoms with van der Waals surface area (Å²) in [6.45, 7) is 2.86. The van der Waals surface area contributed by atoms with Crippen molar-refractivity contribution in [2.24, 2.45) is 0 Å². The van der Waals surface area contributed by atoms with Gasteiger partial charge in [-0.25, -0.2) is 23.7 Å². The number of amides is 1. The van der Waals surface area contributed by atoms with E-state index in [1.807, 2.05) is 6.92 Å². The first kappa shape index (κ1) is 17.5. The third-order valence-corrected chi connectivity index (χ3v) is 4.53. The summed E-state index contributed by atoms with van der Waals surface area (Å²) in [5.41, 5.74) is 2.26. The minimum absolute atomic E-state index is 0.0997. The van der Waals surface area contributed by atoms with E-state index in [2.05, 4.69) is 15.0 Å². The zero-order valence-corrected chi connectivity index (χ0v) is 15.0. The maximum atomic E-state index is 13.4. The Bertz CT molecular complexity index is 1030. The van der Waals surface area contributed by atoms with Gasteiger partial charge in [0, 0.05) is 38.1 Å². The van der Waals surface area contributed by atoms with E-state index in [1.54, 1.807) is 17.0 Å². The molecule has 0 atom stereocenters. The lowest BCUT2D eigenvalue weighted by Gasteiger charge is -2.27. The highest BCUT2D eigenvalue weighted by atomic mass is 35.5. The second-order valence-corrected chi connectivity index (χ2v) is 6.66. The maximum Gasteiger partial charge on any atom is 0.290 e. The molecule has 1 amide bonds. The van der Waals surface area contributed by atoms with Gasteiger partial charge in [-0.3, -0.25) is 4.79 Å². The van der Waals surface area contributed by atoms with Crippen LogP contribution in [0.2, 0.25) is 5.28 Å². The number of nitrogens with zero attached hydrogens (tertiary/aromatic N) is 5. The van der Waals surface area contributed by atoms with Gasteiger partial charge in [-0.05, 0) is 41.8 Å². The molecular weight excluding hydrogens is 376 g/mol. The first-order chi connectivity index (χ1) is 12.9. The molecule has 0 saturated carbocycles. The van der Waals surface area contributed by atoms with Gasteiger partial charge < -0.3 is 9.47 Å². The van der Waals surface area contributed by atoms with Crippen LogP contribution in [-0.4, -0.2) is 36.9 Å². The Kier molecular flexibility index (Phi) is 4.35. The van der Waals surface area contributed by atoms with Crippen molar-refractivity contribution in [3.8, 4) is 11.4 Å². The molecule has 1 aliphatic heterocycles. The highest BCUT2D eigenvalue weighted by molar-refractivity contribution is 6.28. The first-order valence-corrected chi connectivity index (χ1v) is 8.59. The quantitative estimate of drug-likeness (QED) is 0.645. The molecule has 4 rings (SSSR count). The molecule has 9 heteroatoms. The lowest BCUT2D eigenvalue weighted by molar-refractivity contribution is 0.0682. The monoisotopic (exact) mass is 389 g/mol. The van der Waals surface area contributed by atoms with Gasteiger partial charge in [0.25, 0.3) is 5.91 Å². The SMILES string of the molecule is Cc1cnc(Cl)nc1-c1cn2c(n1)C(=O)N(Cc1cc(F)cc(F)c1)CC2. The minimum atomic E-state index is -0.672. The zero-order valence-electron chi connectivity index (χ0n) is 14.3. The van der Waals surface area contributed by atoms with Crippen LogP contribution in [0.5, 0.6) is 0 Å². The fourth-order valence-corrected chi connectivity index (χ4v) is 3.23. The summed E-state index contributed by atoms with van der Waals surface area (Å²) in [6.07, 6.45) is 3.34. The summed E-state index contributed by atoms with van der Waals surface area (Å²) >= 11 is 5.87. The van der Waals surface area contributed by atoms with Crippen LogP contribution >= 0.6 is 11.6 Å². The van der Waals surface area contributed by atoms with Crippen molar-refractivity contribution in [3.63, 3.8) is 0 Å². The summed E-state index contributed by atoms with van der Waals surface area (Å²) in [7, 11) is 0. The van der Waals surface area contributed by atoms with Crippen LogP contribution < -0.4 is 0 Å². The van der Waals surface area contributed by atoms with E-state index < -0.39 is 11.6 Å². The normalized spacial score (nSPS) is 13.8. The number of carbonyl (C=O) groups excluding carboxylic acids is 1. The van der Waals surface area contributed by atoms with Crippen LogP contribution in [0.4, 0.5) is 8.78 Å². The third kappa shape index (κ3) is 3.40. The zero-order chi connectivity index (χ0) is 19.1. The Hall–Kier alpha value is -2.87. The fourth-order valence-electron chi connectivity index (χ4n) is 3.10. The maximum absolute atomic E-state index is 13.4. The van der Waals surface area contributed by atoms with Crippen LogP contribution in [0, 0.1) is 18.6 Å². The van der Waals surface area contributed by atoms with Crippen molar-refractivity contribution in [3.05, 3.63) is 64.5 Å². The molecule has 0 aliphatic carbocycles. The molecule has 27 heavy (non-hydrogen) atoms. The summed E-state index contributed by atoms with van der Waals surface area (Å²) < 4.78 is 28.5. The Labute approximate surface area is 158 Å². The van der Waals surface area contributed by atoms with Crippen molar-refractivity contribution < 1.29 is 13.6 Å². The molecule has 0 unspecified atom stereocenters. The van der Waals surface area contributed by atoms with E-state index in [0.29, 0.717) is 30.0 Å². The first-order valence-electron chi connectivity index (χ1n) is 8.21. The number of halogens is 3. The number of aryl methyl sites for hydroxylation is 1. The van der Waals surface area contributed by atoms with Gasteiger partial charge in [0.05, 0.1) is 5.69 Å². The number of hydrogen-bond donors (Lipinski definition) is 0. The predicted octanol–water partition coefficient (Wildman–Crippen LogP) is 3.24. The predicted molar refractivity (Wildman–Crippen MR) is 94.1 cm³/mol. The summed E-state index contributed by atoms with van der Waals surface area (Å²) in [5, 5.41) is 0.0997. The largest absolute Gasteiger partial charge is 0.330 e. The highest BCUT2D eigenvalue weighted by Crippen LogP contribution is 2.24. The van der Waals surface area contributed by atoms with Crippen LogP contribution in [0.1, 0.15) is 21.7 Å². The van der Waals surface area contributed by atoms with Gasteiger partial charge in [0.15, 0.2) is 5.82 Å². The highest BCUT2D eigenvalue weighted by Gasteiger charge is 2.28. The average Bonchev–Trinajstić information content (AvgIpc) is 3.03. The van der Waals surface area contributed by atoms with Gasteiger partial charge in [-0.1, -0.05) is 0 Å². The molecule has 0 spiro atoms. The van der Waals surface area contributed by atoms with Crippen LogP contribution in [0.25, 0.3) is 11.4 Å². The fraction of sp³-hybridized carbons (Fsp3) is 0.222. The van der Waals surface area contributed by atoms with Crippen LogP contribution in [0.15, 0.2) is 30.6 Å². The van der Waals surface area contributed by atoms with Crippen molar-refractivity contribution in [1.82, 2.24) is 24.4 Å². The van der Waals surface area contributed by atoms with E-state index in [9.17, 15) is 13.6 Å². The molecule has 138 valence electrons. The topological polar surface area (TPSA) is 63.9 Å². The molecule has 0 N–H and O–H groups in total. The van der Waals surface area contributed by atoms with E-state index in [1.165, 1.54) is 17.0 Å². The number of imidazole rings is 1. The molecule has 0 radical (unpaired) electrons. The van der Waals surface area contributed by atoms with E-state index >= 15 is 0 Å². The van der Waals surface area contributed by atoms with Gasteiger partial charge in [0.2, 0.25) is 5.28 Å². The number of carbonyl (C=O) groups is 1. The van der Waals surface area contributed by atoms with Gasteiger partial charge in [-0.2, -0.15) is 0 Å². The Morgan fingerprint density at radius 3 is 2.63 bits per heavy atom. The Morgan fingerprint density at radius 2 is 1.89 bits per heavy atom. The second-order valence-electron chi connectivity index (χ2n) is 6.32. The lowest BCUT2D eigenvalue weighted by atomic mass is 10.2. The smallest absolute Gasteiger partial charge is 0.290 e. The minimum Gasteiger partial charge on any atom is -0.330 e. The van der Waals surface area contributed by atoms with E-state index in [-0.39, 0.29) is 23.6 Å². The van der Waals surface area contributed by atoms with Crippen molar-refractivity contribution in [1.29, 1.82) is 0 Å². The van der Waals surface area contributed by atoms with Gasteiger partial charge >= 0.3 is 0 Å². The number of hydrogen-bond acceptors (Lipinski definition) is 4. The Balaban J connectivity index is 1.63. The third-order valence-electron chi connectivity index (χ3n) is 4.35. The number of rotatable bonds is 3. The molecule has 3 aromatic rings. The molecule has 6 nitrogen and oxygen atoms in total. The summed E-state index contributed by atoms with van der Waals surface area (Å²) in [6, 6.07) is 3.24. The molecule has 1 aliphatic rings. The van der Waals surface area contributed by atoms with E-state index in [0.717, 1.165) is 11.6 Å². The van der Waals surface area contributed by atoms with Crippen molar-refractivity contribution in [2.75, 3.05) is 6.54 Å².